The average Bonchev–Trinajstić information content (AvgIpc) is 3.29. The standard InChI is InChI=1S/C24H26N4O2/c1-14(2)28-23-21(13-25-28)20(12-22(26-23)19-11-16(4)30-17(19)5)24(29)27(6)18-9-7-15(3)8-10-18/h7-14H,1-6H3. The minimum Gasteiger partial charge on any atom is -0.466 e. The van der Waals surface area contributed by atoms with Crippen LogP contribution in [-0.2, 0) is 0 Å². The molecule has 0 aliphatic carbocycles. The van der Waals surface area contributed by atoms with Crippen LogP contribution in [0.3, 0.4) is 0 Å². The van der Waals surface area contributed by atoms with Crippen molar-refractivity contribution in [1.29, 1.82) is 0 Å². The van der Waals surface area contributed by atoms with Crippen LogP contribution in [0, 0.1) is 20.8 Å². The molecule has 0 saturated heterocycles. The smallest absolute Gasteiger partial charge is 0.258 e. The molecule has 154 valence electrons. The fourth-order valence-corrected chi connectivity index (χ4v) is 3.66. The maximum absolute atomic E-state index is 13.5. The van der Waals surface area contributed by atoms with Crippen LogP contribution in [0.25, 0.3) is 22.3 Å². The molecule has 0 spiro atoms. The Balaban J connectivity index is 1.90. The molecule has 1 aromatic carbocycles. The Morgan fingerprint density at radius 2 is 1.80 bits per heavy atom. The van der Waals surface area contributed by atoms with Gasteiger partial charge in [0.05, 0.1) is 22.8 Å². The zero-order chi connectivity index (χ0) is 21.6. The Morgan fingerprint density at radius 3 is 2.40 bits per heavy atom. The van der Waals surface area contributed by atoms with Crippen molar-refractivity contribution in [1.82, 2.24) is 14.8 Å². The minimum atomic E-state index is -0.103. The van der Waals surface area contributed by atoms with Gasteiger partial charge >= 0.3 is 0 Å². The largest absolute Gasteiger partial charge is 0.466 e. The molecule has 0 saturated carbocycles. The van der Waals surface area contributed by atoms with Gasteiger partial charge in [-0.25, -0.2) is 9.67 Å². The van der Waals surface area contributed by atoms with Gasteiger partial charge in [0.25, 0.3) is 5.91 Å². The zero-order valence-corrected chi connectivity index (χ0v) is 18.2. The van der Waals surface area contributed by atoms with E-state index in [1.807, 2.05) is 75.7 Å². The van der Waals surface area contributed by atoms with Gasteiger partial charge in [0.2, 0.25) is 0 Å². The van der Waals surface area contributed by atoms with Crippen LogP contribution >= 0.6 is 0 Å². The van der Waals surface area contributed by atoms with Gasteiger partial charge in [0.1, 0.15) is 11.5 Å². The Morgan fingerprint density at radius 1 is 1.10 bits per heavy atom. The monoisotopic (exact) mass is 402 g/mol. The summed E-state index contributed by atoms with van der Waals surface area (Å²) in [4.78, 5) is 20.1. The van der Waals surface area contributed by atoms with Gasteiger partial charge < -0.3 is 9.32 Å². The molecule has 0 atom stereocenters. The fraction of sp³-hybridized carbons (Fsp3) is 0.292. The highest BCUT2D eigenvalue weighted by Gasteiger charge is 2.23. The molecule has 4 aromatic rings. The van der Waals surface area contributed by atoms with Gasteiger partial charge in [-0.15, -0.1) is 0 Å². The molecule has 3 heterocycles. The number of carbonyl (C=O) groups is 1. The number of furan rings is 1. The molecule has 0 bridgehead atoms. The quantitative estimate of drug-likeness (QED) is 0.454. The average molecular weight is 402 g/mol. The predicted octanol–water partition coefficient (Wildman–Crippen LogP) is 5.47. The first-order chi connectivity index (χ1) is 14.3. The van der Waals surface area contributed by atoms with Gasteiger partial charge in [0, 0.05) is 24.3 Å². The number of fused-ring (bicyclic) bond motifs is 1. The van der Waals surface area contributed by atoms with Crippen LogP contribution in [-0.4, -0.2) is 27.7 Å². The molecule has 4 rings (SSSR count). The van der Waals surface area contributed by atoms with E-state index in [4.69, 9.17) is 9.40 Å². The molecule has 30 heavy (non-hydrogen) atoms. The SMILES string of the molecule is Cc1ccc(N(C)C(=O)c2cc(-c3cc(C)oc3C)nc3c2cnn3C(C)C)cc1. The highest BCUT2D eigenvalue weighted by molar-refractivity contribution is 6.13. The molecule has 0 fully saturated rings. The minimum absolute atomic E-state index is 0.103. The number of hydrogen-bond donors (Lipinski definition) is 0. The summed E-state index contributed by atoms with van der Waals surface area (Å²) < 4.78 is 7.56. The molecule has 0 aliphatic rings. The summed E-state index contributed by atoms with van der Waals surface area (Å²) >= 11 is 0. The zero-order valence-electron chi connectivity index (χ0n) is 18.2. The molecule has 6 heteroatoms. The number of aromatic nitrogens is 3. The van der Waals surface area contributed by atoms with Crippen LogP contribution in [0.5, 0.6) is 0 Å². The number of benzene rings is 1. The number of hydrogen-bond acceptors (Lipinski definition) is 4. The molecular weight excluding hydrogens is 376 g/mol. The second-order valence-electron chi connectivity index (χ2n) is 8.00. The van der Waals surface area contributed by atoms with Crippen molar-refractivity contribution in [2.75, 3.05) is 11.9 Å². The van der Waals surface area contributed by atoms with Crippen molar-refractivity contribution in [2.45, 2.75) is 40.7 Å². The summed E-state index contributed by atoms with van der Waals surface area (Å²) in [5, 5.41) is 5.25. The first-order valence-electron chi connectivity index (χ1n) is 10.1. The number of pyridine rings is 1. The van der Waals surface area contributed by atoms with Crippen molar-refractivity contribution in [2.24, 2.45) is 0 Å². The molecule has 0 unspecified atom stereocenters. The number of anilines is 1. The molecule has 3 aromatic heterocycles. The number of aryl methyl sites for hydroxylation is 3. The summed E-state index contributed by atoms with van der Waals surface area (Å²) in [6.45, 7) is 9.94. The van der Waals surface area contributed by atoms with Crippen LogP contribution in [0.15, 0.2) is 47.0 Å². The van der Waals surface area contributed by atoms with Crippen molar-refractivity contribution in [3.63, 3.8) is 0 Å². The van der Waals surface area contributed by atoms with Gasteiger partial charge in [-0.2, -0.15) is 5.10 Å². The Hall–Kier alpha value is -3.41. The second kappa shape index (κ2) is 7.44. The highest BCUT2D eigenvalue weighted by atomic mass is 16.3. The van der Waals surface area contributed by atoms with Crippen LogP contribution in [0.2, 0.25) is 0 Å². The summed E-state index contributed by atoms with van der Waals surface area (Å²) in [5.74, 6) is 1.49. The van der Waals surface area contributed by atoms with Gasteiger partial charge in [-0.05, 0) is 58.9 Å². The number of rotatable bonds is 4. The van der Waals surface area contributed by atoms with E-state index in [0.717, 1.165) is 33.7 Å². The van der Waals surface area contributed by atoms with E-state index in [-0.39, 0.29) is 11.9 Å². The third-order valence-electron chi connectivity index (χ3n) is 5.33. The third-order valence-corrected chi connectivity index (χ3v) is 5.33. The van der Waals surface area contributed by atoms with Crippen molar-refractivity contribution in [3.05, 3.63) is 65.2 Å². The molecule has 1 amide bonds. The van der Waals surface area contributed by atoms with Crippen LogP contribution in [0.1, 0.15) is 47.3 Å². The van der Waals surface area contributed by atoms with Gasteiger partial charge in [-0.1, -0.05) is 17.7 Å². The molecule has 0 aliphatic heterocycles. The number of nitrogens with zero attached hydrogens (tertiary/aromatic N) is 4. The number of carbonyl (C=O) groups excluding carboxylic acids is 1. The van der Waals surface area contributed by atoms with E-state index in [1.54, 1.807) is 18.1 Å². The van der Waals surface area contributed by atoms with Gasteiger partial charge in [-0.3, -0.25) is 4.79 Å². The van der Waals surface area contributed by atoms with E-state index in [0.29, 0.717) is 16.9 Å². The summed E-state index contributed by atoms with van der Waals surface area (Å²) in [6.07, 6.45) is 1.73. The lowest BCUT2D eigenvalue weighted by Gasteiger charge is -2.19. The molecule has 0 N–H and O–H groups in total. The lowest BCUT2D eigenvalue weighted by molar-refractivity contribution is 0.0994. The summed E-state index contributed by atoms with van der Waals surface area (Å²) in [6, 6.07) is 11.8. The topological polar surface area (TPSA) is 64.2 Å². The predicted molar refractivity (Wildman–Crippen MR) is 119 cm³/mol. The summed E-state index contributed by atoms with van der Waals surface area (Å²) in [7, 11) is 1.79. The summed E-state index contributed by atoms with van der Waals surface area (Å²) in [5.41, 5.74) is 4.85. The van der Waals surface area contributed by atoms with Crippen molar-refractivity contribution in [3.8, 4) is 11.3 Å². The highest BCUT2D eigenvalue weighted by Crippen LogP contribution is 2.31. The van der Waals surface area contributed by atoms with Crippen LogP contribution in [0.4, 0.5) is 5.69 Å². The van der Waals surface area contributed by atoms with Crippen molar-refractivity contribution < 1.29 is 9.21 Å². The first kappa shape index (κ1) is 19.9. The molecule has 0 radical (unpaired) electrons. The van der Waals surface area contributed by atoms with E-state index in [1.165, 1.54) is 0 Å². The Kier molecular flexibility index (Phi) is 4.94. The normalized spacial score (nSPS) is 11.4. The molecular formula is C24H26N4O2. The van der Waals surface area contributed by atoms with E-state index in [2.05, 4.69) is 5.10 Å². The van der Waals surface area contributed by atoms with E-state index >= 15 is 0 Å². The maximum atomic E-state index is 13.5. The van der Waals surface area contributed by atoms with Gasteiger partial charge in [0.15, 0.2) is 5.65 Å². The first-order valence-corrected chi connectivity index (χ1v) is 10.1. The maximum Gasteiger partial charge on any atom is 0.258 e. The lowest BCUT2D eigenvalue weighted by atomic mass is 10.1. The second-order valence-corrected chi connectivity index (χ2v) is 8.00. The Bertz CT molecular complexity index is 1230. The van der Waals surface area contributed by atoms with E-state index < -0.39 is 0 Å². The lowest BCUT2D eigenvalue weighted by Crippen LogP contribution is -2.26. The van der Waals surface area contributed by atoms with Crippen LogP contribution < -0.4 is 4.90 Å². The van der Waals surface area contributed by atoms with Crippen molar-refractivity contribution >= 4 is 22.6 Å². The third kappa shape index (κ3) is 3.38. The molecule has 6 nitrogen and oxygen atoms in total. The Labute approximate surface area is 176 Å². The fourth-order valence-electron chi connectivity index (χ4n) is 3.66. The van der Waals surface area contributed by atoms with E-state index in [9.17, 15) is 4.79 Å². The number of amides is 1.